The van der Waals surface area contributed by atoms with Gasteiger partial charge in [-0.15, -0.1) is 0 Å². The summed E-state index contributed by atoms with van der Waals surface area (Å²) in [5.41, 5.74) is 3.63. The van der Waals surface area contributed by atoms with Gasteiger partial charge in [-0.05, 0) is 5.56 Å². The first-order valence-electron chi connectivity index (χ1n) is 4.50. The zero-order valence-corrected chi connectivity index (χ0v) is 7.89. The average Bonchev–Trinajstić information content (AvgIpc) is 2.25. The molecular formula is C10H15NO3. The molecule has 0 aliphatic carbocycles. The third-order valence-corrected chi connectivity index (χ3v) is 1.71. The van der Waals surface area contributed by atoms with Crippen LogP contribution < -0.4 is 5.48 Å². The Labute approximate surface area is 83.1 Å². The van der Waals surface area contributed by atoms with Crippen LogP contribution in [0.1, 0.15) is 5.56 Å². The van der Waals surface area contributed by atoms with Gasteiger partial charge in [-0.1, -0.05) is 30.3 Å². The fraction of sp³-hybridized carbons (Fsp3) is 0.400. The maximum Gasteiger partial charge on any atom is 0.0933 e. The minimum absolute atomic E-state index is 0.226. The van der Waals surface area contributed by atoms with Gasteiger partial charge in [0.05, 0.1) is 19.3 Å². The Bertz CT molecular complexity index is 240. The summed E-state index contributed by atoms with van der Waals surface area (Å²) in [5, 5.41) is 17.5. The Kier molecular flexibility index (Phi) is 5.17. The van der Waals surface area contributed by atoms with Crippen molar-refractivity contribution < 1.29 is 15.1 Å². The maximum absolute atomic E-state index is 8.96. The number of aliphatic hydroxyl groups excluding tert-OH is 2. The predicted octanol–water partition coefficient (Wildman–Crippen LogP) is 0.0610. The molecule has 1 atom stereocenters. The van der Waals surface area contributed by atoms with E-state index in [-0.39, 0.29) is 13.2 Å². The molecule has 0 heterocycles. The van der Waals surface area contributed by atoms with Crippen LogP contribution in [0.15, 0.2) is 30.3 Å². The standard InChI is InChI=1S/C10H15NO3/c12-7-10(13)6-11-14-8-9-4-2-1-3-5-9/h1-5,10-13H,6-8H2/t10-/m0/s1. The zero-order chi connectivity index (χ0) is 10.2. The topological polar surface area (TPSA) is 61.7 Å². The highest BCUT2D eigenvalue weighted by Crippen LogP contribution is 1.98. The van der Waals surface area contributed by atoms with Crippen LogP contribution >= 0.6 is 0 Å². The predicted molar refractivity (Wildman–Crippen MR) is 52.3 cm³/mol. The van der Waals surface area contributed by atoms with E-state index in [4.69, 9.17) is 15.1 Å². The first kappa shape index (κ1) is 11.1. The Balaban J connectivity index is 2.10. The summed E-state index contributed by atoms with van der Waals surface area (Å²) in [4.78, 5) is 5.07. The monoisotopic (exact) mass is 197 g/mol. The molecule has 1 rings (SSSR count). The smallest absolute Gasteiger partial charge is 0.0933 e. The third kappa shape index (κ3) is 4.34. The van der Waals surface area contributed by atoms with Gasteiger partial charge in [0.2, 0.25) is 0 Å². The molecule has 14 heavy (non-hydrogen) atoms. The summed E-state index contributed by atoms with van der Waals surface area (Å²) < 4.78 is 0. The number of hydrogen-bond acceptors (Lipinski definition) is 4. The highest BCUT2D eigenvalue weighted by Gasteiger charge is 1.99. The molecule has 0 aliphatic rings. The van der Waals surface area contributed by atoms with Crippen LogP contribution in [0.2, 0.25) is 0 Å². The van der Waals surface area contributed by atoms with Crippen molar-refractivity contribution in [2.24, 2.45) is 0 Å². The van der Waals surface area contributed by atoms with Crippen LogP contribution in [0.4, 0.5) is 0 Å². The lowest BCUT2D eigenvalue weighted by atomic mass is 10.2. The van der Waals surface area contributed by atoms with Crippen molar-refractivity contribution in [3.63, 3.8) is 0 Å². The van der Waals surface area contributed by atoms with E-state index >= 15 is 0 Å². The second kappa shape index (κ2) is 6.50. The molecule has 0 aliphatic heterocycles. The van der Waals surface area contributed by atoms with Crippen molar-refractivity contribution in [1.82, 2.24) is 5.48 Å². The lowest BCUT2D eigenvalue weighted by Crippen LogP contribution is -2.29. The number of rotatable bonds is 6. The van der Waals surface area contributed by atoms with Crippen LogP contribution in [0.5, 0.6) is 0 Å². The van der Waals surface area contributed by atoms with E-state index in [0.29, 0.717) is 6.61 Å². The molecule has 0 saturated heterocycles. The van der Waals surface area contributed by atoms with Crippen molar-refractivity contribution >= 4 is 0 Å². The molecule has 78 valence electrons. The van der Waals surface area contributed by atoms with Crippen molar-refractivity contribution in [3.05, 3.63) is 35.9 Å². The van der Waals surface area contributed by atoms with Crippen LogP contribution in [0.25, 0.3) is 0 Å². The molecule has 3 N–H and O–H groups in total. The summed E-state index contributed by atoms with van der Waals surface area (Å²) in [6.45, 7) is 0.407. The average molecular weight is 197 g/mol. The normalized spacial score (nSPS) is 12.7. The molecular weight excluding hydrogens is 182 g/mol. The van der Waals surface area contributed by atoms with Gasteiger partial charge in [0.1, 0.15) is 0 Å². The van der Waals surface area contributed by atoms with Gasteiger partial charge in [-0.25, -0.2) is 0 Å². The van der Waals surface area contributed by atoms with Gasteiger partial charge >= 0.3 is 0 Å². The Hall–Kier alpha value is -0.940. The molecule has 0 radical (unpaired) electrons. The first-order chi connectivity index (χ1) is 6.83. The van der Waals surface area contributed by atoms with Crippen LogP contribution in [-0.2, 0) is 11.4 Å². The summed E-state index contributed by atoms with van der Waals surface area (Å²) in [7, 11) is 0. The van der Waals surface area contributed by atoms with Crippen LogP contribution in [0.3, 0.4) is 0 Å². The van der Waals surface area contributed by atoms with E-state index in [1.54, 1.807) is 0 Å². The summed E-state index contributed by atoms with van der Waals surface area (Å²) >= 11 is 0. The second-order valence-electron chi connectivity index (χ2n) is 2.96. The molecule has 4 heteroatoms. The van der Waals surface area contributed by atoms with Crippen molar-refractivity contribution in [1.29, 1.82) is 0 Å². The van der Waals surface area contributed by atoms with Gasteiger partial charge in [-0.2, -0.15) is 5.48 Å². The number of nitrogens with one attached hydrogen (secondary N) is 1. The van der Waals surface area contributed by atoms with E-state index in [1.807, 2.05) is 30.3 Å². The molecule has 0 unspecified atom stereocenters. The molecule has 0 saturated carbocycles. The fourth-order valence-electron chi connectivity index (χ4n) is 0.928. The maximum atomic E-state index is 8.96. The van der Waals surface area contributed by atoms with Gasteiger partial charge in [0.15, 0.2) is 0 Å². The number of hydrogen-bond donors (Lipinski definition) is 3. The lowest BCUT2D eigenvalue weighted by Gasteiger charge is -2.08. The van der Waals surface area contributed by atoms with E-state index in [0.717, 1.165) is 5.56 Å². The van der Waals surface area contributed by atoms with Crippen LogP contribution in [0, 0.1) is 0 Å². The number of benzene rings is 1. The quantitative estimate of drug-likeness (QED) is 0.446. The summed E-state index contributed by atoms with van der Waals surface area (Å²) in [6.07, 6.45) is -0.772. The van der Waals surface area contributed by atoms with Gasteiger partial charge in [0, 0.05) is 6.54 Å². The van der Waals surface area contributed by atoms with Crippen molar-refractivity contribution in [2.75, 3.05) is 13.2 Å². The van der Waals surface area contributed by atoms with E-state index < -0.39 is 6.10 Å². The van der Waals surface area contributed by atoms with Gasteiger partial charge in [0.25, 0.3) is 0 Å². The highest BCUT2D eigenvalue weighted by molar-refractivity contribution is 5.13. The van der Waals surface area contributed by atoms with E-state index in [1.165, 1.54) is 0 Å². The fourth-order valence-corrected chi connectivity index (χ4v) is 0.928. The molecule has 1 aromatic rings. The first-order valence-corrected chi connectivity index (χ1v) is 4.50. The Morgan fingerprint density at radius 2 is 2.00 bits per heavy atom. The Morgan fingerprint density at radius 3 is 2.64 bits per heavy atom. The Morgan fingerprint density at radius 1 is 1.29 bits per heavy atom. The summed E-state index contributed by atoms with van der Waals surface area (Å²) in [6, 6.07) is 9.70. The van der Waals surface area contributed by atoms with Gasteiger partial charge < -0.3 is 10.2 Å². The zero-order valence-electron chi connectivity index (χ0n) is 7.89. The molecule has 0 aromatic heterocycles. The number of hydroxylamine groups is 1. The largest absolute Gasteiger partial charge is 0.394 e. The molecule has 0 fully saturated rings. The van der Waals surface area contributed by atoms with E-state index in [2.05, 4.69) is 5.48 Å². The minimum Gasteiger partial charge on any atom is -0.394 e. The lowest BCUT2D eigenvalue weighted by molar-refractivity contribution is -0.00856. The molecule has 4 nitrogen and oxygen atoms in total. The SMILES string of the molecule is OC[C@@H](O)CNOCc1ccccc1. The minimum atomic E-state index is -0.772. The molecule has 0 amide bonds. The van der Waals surface area contributed by atoms with Gasteiger partial charge in [-0.3, -0.25) is 4.84 Å². The second-order valence-corrected chi connectivity index (χ2v) is 2.96. The third-order valence-electron chi connectivity index (χ3n) is 1.71. The van der Waals surface area contributed by atoms with E-state index in [9.17, 15) is 0 Å². The van der Waals surface area contributed by atoms with Crippen molar-refractivity contribution in [3.8, 4) is 0 Å². The van der Waals surface area contributed by atoms with Crippen molar-refractivity contribution in [2.45, 2.75) is 12.7 Å². The van der Waals surface area contributed by atoms with Crippen LogP contribution in [-0.4, -0.2) is 29.5 Å². The summed E-state index contributed by atoms with van der Waals surface area (Å²) in [5.74, 6) is 0. The molecule has 0 spiro atoms. The number of aliphatic hydroxyl groups is 2. The highest BCUT2D eigenvalue weighted by atomic mass is 16.6. The molecule has 0 bridgehead atoms. The molecule has 1 aromatic carbocycles.